The van der Waals surface area contributed by atoms with Gasteiger partial charge in [0.25, 0.3) is 0 Å². The molecule has 0 amide bonds. The summed E-state index contributed by atoms with van der Waals surface area (Å²) >= 11 is 3.08. The molecule has 3 aromatic carbocycles. The maximum absolute atomic E-state index is 4.62. The Morgan fingerprint density at radius 3 is 2.04 bits per heavy atom. The average molecular weight is 385 g/mol. The highest BCUT2D eigenvalue weighted by Gasteiger charge is 2.15. The zero-order valence-electron chi connectivity index (χ0n) is 14.7. The standard InChI is InChI=1S/C23H16N2S2/c1-15-7-9-16(10-8-15)18-11-12-19(23-22(18)24-27-25-23)21-14-13-20(26-21)17-5-3-2-4-6-17/h2-14H,1H3. The van der Waals surface area contributed by atoms with Gasteiger partial charge in [0.05, 0.1) is 11.7 Å². The monoisotopic (exact) mass is 384 g/mol. The highest BCUT2D eigenvalue weighted by atomic mass is 32.1. The van der Waals surface area contributed by atoms with Gasteiger partial charge in [0.15, 0.2) is 0 Å². The minimum atomic E-state index is 0.982. The molecule has 0 aliphatic carbocycles. The number of benzene rings is 3. The summed E-state index contributed by atoms with van der Waals surface area (Å²) in [5.41, 5.74) is 7.95. The molecule has 0 aliphatic rings. The number of thiophene rings is 1. The fourth-order valence-electron chi connectivity index (χ4n) is 3.27. The van der Waals surface area contributed by atoms with E-state index in [0.717, 1.165) is 22.2 Å². The summed E-state index contributed by atoms with van der Waals surface area (Å²) in [6.45, 7) is 2.11. The Bertz CT molecular complexity index is 1220. The summed E-state index contributed by atoms with van der Waals surface area (Å²) in [4.78, 5) is 2.49. The summed E-state index contributed by atoms with van der Waals surface area (Å²) in [6, 6.07) is 27.8. The normalized spacial score (nSPS) is 11.1. The van der Waals surface area contributed by atoms with Crippen LogP contribution in [0.5, 0.6) is 0 Å². The van der Waals surface area contributed by atoms with E-state index in [-0.39, 0.29) is 0 Å². The maximum atomic E-state index is 4.62. The third kappa shape index (κ3) is 2.97. The number of hydrogen-bond donors (Lipinski definition) is 0. The molecule has 0 unspecified atom stereocenters. The Morgan fingerprint density at radius 1 is 0.593 bits per heavy atom. The molecule has 0 radical (unpaired) electrons. The van der Waals surface area contributed by atoms with E-state index in [4.69, 9.17) is 0 Å². The van der Waals surface area contributed by atoms with Gasteiger partial charge in [-0.25, -0.2) is 0 Å². The molecule has 0 saturated heterocycles. The molecule has 0 N–H and O–H groups in total. The Hall–Kier alpha value is -2.82. The molecule has 0 atom stereocenters. The SMILES string of the molecule is Cc1ccc(-c2ccc(-c3ccc(-c4ccccc4)s3)c3nsnc23)cc1. The Morgan fingerprint density at radius 2 is 1.26 bits per heavy atom. The van der Waals surface area contributed by atoms with Crippen LogP contribution in [0.15, 0.2) is 78.9 Å². The van der Waals surface area contributed by atoms with Crippen LogP contribution >= 0.6 is 23.1 Å². The molecule has 2 aromatic heterocycles. The second-order valence-corrected chi connectivity index (χ2v) is 8.13. The molecule has 2 heterocycles. The van der Waals surface area contributed by atoms with Crippen LogP contribution in [0.25, 0.3) is 43.0 Å². The Balaban J connectivity index is 1.62. The third-order valence-electron chi connectivity index (χ3n) is 4.71. The van der Waals surface area contributed by atoms with Crippen molar-refractivity contribution < 1.29 is 0 Å². The molecule has 27 heavy (non-hydrogen) atoms. The topological polar surface area (TPSA) is 25.8 Å². The Kier molecular flexibility index (Phi) is 4.07. The van der Waals surface area contributed by atoms with E-state index in [1.165, 1.54) is 38.2 Å². The molecule has 130 valence electrons. The molecule has 2 nitrogen and oxygen atoms in total. The summed E-state index contributed by atoms with van der Waals surface area (Å²) < 4.78 is 9.22. The molecule has 0 aliphatic heterocycles. The number of rotatable bonds is 3. The molecular weight excluding hydrogens is 368 g/mol. The van der Waals surface area contributed by atoms with Crippen molar-refractivity contribution >= 4 is 34.1 Å². The average Bonchev–Trinajstić information content (AvgIpc) is 3.39. The minimum absolute atomic E-state index is 0.982. The third-order valence-corrected chi connectivity index (χ3v) is 6.40. The van der Waals surface area contributed by atoms with Crippen LogP contribution in [0.2, 0.25) is 0 Å². The highest BCUT2D eigenvalue weighted by molar-refractivity contribution is 7.19. The van der Waals surface area contributed by atoms with E-state index >= 15 is 0 Å². The van der Waals surface area contributed by atoms with Crippen LogP contribution in [0.4, 0.5) is 0 Å². The van der Waals surface area contributed by atoms with Crippen LogP contribution in [0.1, 0.15) is 5.56 Å². The fourth-order valence-corrected chi connectivity index (χ4v) is 4.88. The van der Waals surface area contributed by atoms with Crippen LogP contribution in [0, 0.1) is 6.92 Å². The molecule has 5 aromatic rings. The van der Waals surface area contributed by atoms with Crippen LogP contribution in [0.3, 0.4) is 0 Å². The van der Waals surface area contributed by atoms with Crippen molar-refractivity contribution in [3.05, 3.63) is 84.4 Å². The van der Waals surface area contributed by atoms with Crippen LogP contribution in [-0.2, 0) is 0 Å². The molecule has 0 fully saturated rings. The van der Waals surface area contributed by atoms with Gasteiger partial charge < -0.3 is 0 Å². The lowest BCUT2D eigenvalue weighted by atomic mass is 10.00. The van der Waals surface area contributed by atoms with Crippen molar-refractivity contribution in [2.24, 2.45) is 0 Å². The molecule has 0 spiro atoms. The first kappa shape index (κ1) is 16.4. The largest absolute Gasteiger partial charge is 0.172 e. The van der Waals surface area contributed by atoms with Crippen molar-refractivity contribution in [1.29, 1.82) is 0 Å². The van der Waals surface area contributed by atoms with Crippen molar-refractivity contribution in [2.75, 3.05) is 0 Å². The first-order valence-corrected chi connectivity index (χ1v) is 10.3. The first-order chi connectivity index (χ1) is 13.3. The van der Waals surface area contributed by atoms with Crippen molar-refractivity contribution in [3.8, 4) is 32.0 Å². The van der Waals surface area contributed by atoms with E-state index < -0.39 is 0 Å². The summed E-state index contributed by atoms with van der Waals surface area (Å²) in [5, 5.41) is 0. The van der Waals surface area contributed by atoms with E-state index in [1.54, 1.807) is 11.3 Å². The molecule has 5 rings (SSSR count). The van der Waals surface area contributed by atoms with Crippen molar-refractivity contribution in [2.45, 2.75) is 6.92 Å². The number of fused-ring (bicyclic) bond motifs is 1. The number of aromatic nitrogens is 2. The number of aryl methyl sites for hydroxylation is 1. The van der Waals surface area contributed by atoms with Crippen molar-refractivity contribution in [1.82, 2.24) is 8.75 Å². The van der Waals surface area contributed by atoms with Crippen molar-refractivity contribution in [3.63, 3.8) is 0 Å². The van der Waals surface area contributed by atoms with E-state index in [0.29, 0.717) is 0 Å². The zero-order chi connectivity index (χ0) is 18.2. The summed E-state index contributed by atoms with van der Waals surface area (Å²) in [5.74, 6) is 0. The van der Waals surface area contributed by atoms with Gasteiger partial charge in [-0.3, -0.25) is 0 Å². The van der Waals surface area contributed by atoms with E-state index in [2.05, 4.69) is 88.5 Å². The quantitative estimate of drug-likeness (QED) is 0.333. The minimum Gasteiger partial charge on any atom is -0.172 e. The summed E-state index contributed by atoms with van der Waals surface area (Å²) in [7, 11) is 0. The number of hydrogen-bond acceptors (Lipinski definition) is 4. The zero-order valence-corrected chi connectivity index (χ0v) is 16.3. The Labute approximate surface area is 166 Å². The first-order valence-electron chi connectivity index (χ1n) is 8.77. The smallest absolute Gasteiger partial charge is 0.114 e. The fraction of sp³-hybridized carbons (Fsp3) is 0.0435. The van der Waals surface area contributed by atoms with Crippen LogP contribution < -0.4 is 0 Å². The predicted molar refractivity (Wildman–Crippen MR) is 116 cm³/mol. The van der Waals surface area contributed by atoms with Gasteiger partial charge >= 0.3 is 0 Å². The van der Waals surface area contributed by atoms with Gasteiger partial charge in [0.2, 0.25) is 0 Å². The predicted octanol–water partition coefficient (Wildman–Crippen LogP) is 7.06. The lowest BCUT2D eigenvalue weighted by Crippen LogP contribution is -1.84. The van der Waals surface area contributed by atoms with Gasteiger partial charge in [-0.1, -0.05) is 72.3 Å². The number of nitrogens with zero attached hydrogens (tertiary/aromatic N) is 2. The second kappa shape index (κ2) is 6.72. The van der Waals surface area contributed by atoms with E-state index in [1.807, 2.05) is 6.07 Å². The van der Waals surface area contributed by atoms with Gasteiger partial charge in [-0.15, -0.1) is 11.3 Å². The molecule has 4 heteroatoms. The molecule has 0 bridgehead atoms. The lowest BCUT2D eigenvalue weighted by Gasteiger charge is -2.06. The lowest BCUT2D eigenvalue weighted by molar-refractivity contribution is 1.47. The van der Waals surface area contributed by atoms with Gasteiger partial charge in [0, 0.05) is 20.9 Å². The van der Waals surface area contributed by atoms with Gasteiger partial charge in [0.1, 0.15) is 11.0 Å². The maximum Gasteiger partial charge on any atom is 0.114 e. The van der Waals surface area contributed by atoms with Crippen LogP contribution in [-0.4, -0.2) is 8.75 Å². The molecular formula is C23H16N2S2. The second-order valence-electron chi connectivity index (χ2n) is 6.52. The summed E-state index contributed by atoms with van der Waals surface area (Å²) in [6.07, 6.45) is 0. The van der Waals surface area contributed by atoms with Gasteiger partial charge in [-0.05, 0) is 30.2 Å². The van der Waals surface area contributed by atoms with Gasteiger partial charge in [-0.2, -0.15) is 8.75 Å². The molecule has 0 saturated carbocycles. The van der Waals surface area contributed by atoms with E-state index in [9.17, 15) is 0 Å². The highest BCUT2D eigenvalue weighted by Crippen LogP contribution is 2.39.